The number of nitrogens with one attached hydrogen (secondary N) is 2. The molecular formula is C37H44Cl4Cs2N2O7. The molecule has 1 heterocycles. The van der Waals surface area contributed by atoms with Gasteiger partial charge in [-0.2, -0.15) is 0 Å². The number of carbonyl (C=O) groups excluding carboxylic acids is 1. The van der Waals surface area contributed by atoms with Gasteiger partial charge in [0.1, 0.15) is 18.1 Å². The van der Waals surface area contributed by atoms with E-state index in [1.165, 1.54) is 0 Å². The smallest absolute Gasteiger partial charge is 1.00 e. The first kappa shape index (κ1) is 53.0. The third-order valence-corrected chi connectivity index (χ3v) is 8.05. The van der Waals surface area contributed by atoms with Crippen LogP contribution in [-0.4, -0.2) is 42.1 Å². The summed E-state index contributed by atoms with van der Waals surface area (Å²) in [5, 5.41) is 36.5. The van der Waals surface area contributed by atoms with Crippen LogP contribution in [0.3, 0.4) is 0 Å². The maximum Gasteiger partial charge on any atom is 1.00 e. The van der Waals surface area contributed by atoms with Crippen molar-refractivity contribution in [1.82, 2.24) is 10.6 Å². The summed E-state index contributed by atoms with van der Waals surface area (Å²) in [4.78, 5) is 11.2. The van der Waals surface area contributed by atoms with Crippen LogP contribution in [0.15, 0.2) is 84.9 Å². The number of rotatable bonds is 12. The molecule has 274 valence electrons. The predicted octanol–water partition coefficient (Wildman–Crippen LogP) is 2.11. The number of epoxide rings is 1. The van der Waals surface area contributed by atoms with Crippen LogP contribution in [0.25, 0.3) is 0 Å². The quantitative estimate of drug-likeness (QED) is 0.0730. The number of ether oxygens (including phenoxy) is 2. The predicted molar refractivity (Wildman–Crippen MR) is 199 cm³/mol. The second-order valence-electron chi connectivity index (χ2n) is 11.4. The Labute approximate surface area is 446 Å². The largest absolute Gasteiger partial charge is 1.00 e. The molecule has 1 aliphatic rings. The van der Waals surface area contributed by atoms with Gasteiger partial charge >= 0.3 is 138 Å². The first-order chi connectivity index (χ1) is 23.8. The second kappa shape index (κ2) is 30.1. The van der Waals surface area contributed by atoms with Gasteiger partial charge in [-0.15, -0.1) is 0 Å². The van der Waals surface area contributed by atoms with Gasteiger partial charge in [-0.25, -0.2) is 0 Å². The molecule has 1 fully saturated rings. The Balaban J connectivity index is 0. The fourth-order valence-corrected chi connectivity index (χ4v) is 4.76. The van der Waals surface area contributed by atoms with Crippen LogP contribution in [0.1, 0.15) is 63.5 Å². The number of carbonyl (C=O) groups is 1. The minimum atomic E-state index is -0.532. The molecule has 4 aromatic carbocycles. The Morgan fingerprint density at radius 3 is 1.67 bits per heavy atom. The van der Waals surface area contributed by atoms with Gasteiger partial charge < -0.3 is 41.9 Å². The zero-order valence-electron chi connectivity index (χ0n) is 31.2. The third kappa shape index (κ3) is 23.3. The van der Waals surface area contributed by atoms with Crippen LogP contribution in [0.4, 0.5) is 0 Å². The summed E-state index contributed by atoms with van der Waals surface area (Å²) in [7, 11) is 0. The maximum atomic E-state index is 9.54. The molecule has 0 radical (unpaired) electrons. The molecule has 1 saturated heterocycles. The summed E-state index contributed by atoms with van der Waals surface area (Å²) in [6.07, 6.45) is 0.0516. The van der Waals surface area contributed by atoms with E-state index in [-0.39, 0.29) is 170 Å². The van der Waals surface area contributed by atoms with Crippen molar-refractivity contribution < 1.29 is 174 Å². The topological polar surface area (TPSA) is 136 Å². The fourth-order valence-electron chi connectivity index (χ4n) is 4.07. The molecule has 0 aromatic heterocycles. The summed E-state index contributed by atoms with van der Waals surface area (Å²) in [5.41, 5.74) is 4.31. The average molecular weight is 1040 g/mol. The maximum absolute atomic E-state index is 9.54. The standard InChI is InChI=1S/C18H21Cl2NO2.C15H15Cl2NO.C3H6O.CH2O3.2Cs.H/c1-12(22)11-23-18-8-14(6-7-17(18)20)10-21-13(2)15-4-3-5-16(19)9-15;1-10(12-3-2-4-13(16)8-12)18-9-11-5-6-14(17)15(19)7-11;1-3-2-4-3;2-1-4-3;;;/h3-9,12-13,21-22H,10-11H2,1-2H3;2-8,10,18-19H,9H2,1H3;3H,2H2,1H3;1,3H;;;/q;;;;2*+1;-1/p-1/t12?,13-;10-;;;;;/m11...../s1. The molecule has 4 atom stereocenters. The van der Waals surface area contributed by atoms with Crippen molar-refractivity contribution in [2.24, 2.45) is 0 Å². The van der Waals surface area contributed by atoms with Crippen molar-refractivity contribution >= 4 is 52.9 Å². The zero-order valence-corrected chi connectivity index (χ0v) is 45.8. The molecule has 0 amide bonds. The molecule has 5 rings (SSSR count). The molecule has 0 aliphatic carbocycles. The van der Waals surface area contributed by atoms with Crippen molar-refractivity contribution in [3.63, 3.8) is 0 Å². The molecule has 0 bridgehead atoms. The monoisotopic (exact) mass is 1030 g/mol. The summed E-state index contributed by atoms with van der Waals surface area (Å²) < 4.78 is 10.2. The minimum Gasteiger partial charge on any atom is -1.00 e. The van der Waals surface area contributed by atoms with Crippen molar-refractivity contribution in [2.75, 3.05) is 13.2 Å². The van der Waals surface area contributed by atoms with Crippen LogP contribution in [0, 0.1) is 0 Å². The molecule has 0 spiro atoms. The Hall–Kier alpha value is 1.01. The number of aliphatic hydroxyl groups is 1. The Bertz CT molecular complexity index is 1610. The molecule has 15 heteroatoms. The Morgan fingerprint density at radius 2 is 1.29 bits per heavy atom. The van der Waals surface area contributed by atoms with E-state index in [0.29, 0.717) is 35.0 Å². The third-order valence-electron chi connectivity index (χ3n) is 6.95. The van der Waals surface area contributed by atoms with Crippen LogP contribution < -0.4 is 158 Å². The molecule has 1 aliphatic heterocycles. The van der Waals surface area contributed by atoms with E-state index < -0.39 is 6.10 Å². The average Bonchev–Trinajstić information content (AvgIpc) is 3.89. The molecule has 4 N–H and O–H groups in total. The molecule has 4 aromatic rings. The molecule has 2 unspecified atom stereocenters. The first-order valence-corrected chi connectivity index (χ1v) is 17.2. The SMILES string of the molecule is CC(O)COc1cc(CN[C@H](C)c2cccc(Cl)c2)ccc1Cl.CC1CO1.C[C@@H](NCc1ccc(Cl)c(O)c1)c1cccc(Cl)c1.O=CO[O-].[Cs+].[Cs+].[H-]. The fraction of sp³-hybridized carbons (Fsp3) is 0.324. The number of phenolic OH excluding ortho intramolecular Hbond substituents is 1. The Morgan fingerprint density at radius 1 is 0.846 bits per heavy atom. The Kier molecular flexibility index (Phi) is 30.7. The number of phenols is 1. The van der Waals surface area contributed by atoms with Crippen LogP contribution in [0.5, 0.6) is 11.5 Å². The number of hydrogen-bond donors (Lipinski definition) is 4. The van der Waals surface area contributed by atoms with E-state index in [0.717, 1.165) is 38.9 Å². The zero-order chi connectivity index (χ0) is 37.1. The number of aromatic hydroxyl groups is 1. The van der Waals surface area contributed by atoms with Gasteiger partial charge in [0.05, 0.1) is 28.9 Å². The van der Waals surface area contributed by atoms with Crippen molar-refractivity contribution in [1.29, 1.82) is 0 Å². The second-order valence-corrected chi connectivity index (χ2v) is 13.0. The van der Waals surface area contributed by atoms with Gasteiger partial charge in [0.15, 0.2) is 0 Å². The molecule has 9 nitrogen and oxygen atoms in total. The van der Waals surface area contributed by atoms with Crippen LogP contribution in [0.2, 0.25) is 20.1 Å². The van der Waals surface area contributed by atoms with Gasteiger partial charge in [-0.1, -0.05) is 82.8 Å². The van der Waals surface area contributed by atoms with E-state index in [9.17, 15) is 10.2 Å². The van der Waals surface area contributed by atoms with Crippen molar-refractivity contribution in [3.05, 3.63) is 127 Å². The number of hydrogen-bond acceptors (Lipinski definition) is 9. The van der Waals surface area contributed by atoms with E-state index in [4.69, 9.17) is 65.9 Å². The molecule has 52 heavy (non-hydrogen) atoms. The van der Waals surface area contributed by atoms with E-state index in [1.54, 1.807) is 25.1 Å². The van der Waals surface area contributed by atoms with E-state index in [2.05, 4.69) is 36.3 Å². The number of benzene rings is 4. The number of halogens is 4. The van der Waals surface area contributed by atoms with Crippen LogP contribution >= 0.6 is 46.4 Å². The van der Waals surface area contributed by atoms with E-state index in [1.807, 2.05) is 66.7 Å². The summed E-state index contributed by atoms with van der Waals surface area (Å²) in [6.45, 7) is 10.2. The normalized spacial score (nSPS) is 14.0. The summed E-state index contributed by atoms with van der Waals surface area (Å²) >= 11 is 23.9. The first-order valence-electron chi connectivity index (χ1n) is 15.7. The van der Waals surface area contributed by atoms with Gasteiger partial charge in [0.2, 0.25) is 0 Å². The van der Waals surface area contributed by atoms with Crippen LogP contribution in [-0.2, 0) is 27.5 Å². The number of aliphatic hydroxyl groups excluding tert-OH is 1. The molecule has 0 saturated carbocycles. The van der Waals surface area contributed by atoms with Gasteiger partial charge in [-0.3, -0.25) is 4.79 Å². The summed E-state index contributed by atoms with van der Waals surface area (Å²) in [5.74, 6) is 0.693. The minimum absolute atomic E-state index is 0. The van der Waals surface area contributed by atoms with Gasteiger partial charge in [0, 0.05) is 35.2 Å². The summed E-state index contributed by atoms with van der Waals surface area (Å²) in [6, 6.07) is 26.8. The van der Waals surface area contributed by atoms with Gasteiger partial charge in [0.25, 0.3) is 6.47 Å². The van der Waals surface area contributed by atoms with Crippen molar-refractivity contribution in [2.45, 2.75) is 65.1 Å². The van der Waals surface area contributed by atoms with Crippen molar-refractivity contribution in [3.8, 4) is 11.5 Å². The van der Waals surface area contributed by atoms with E-state index >= 15 is 0 Å². The molecular weight excluding hydrogens is 992 g/mol. The van der Waals surface area contributed by atoms with Gasteiger partial charge in [-0.05, 0) is 98.5 Å².